The van der Waals surface area contributed by atoms with Gasteiger partial charge in [0, 0.05) is 18.5 Å². The van der Waals surface area contributed by atoms with Crippen molar-refractivity contribution in [2.24, 2.45) is 4.99 Å². The van der Waals surface area contributed by atoms with Gasteiger partial charge < -0.3 is 15.4 Å². The van der Waals surface area contributed by atoms with Crippen LogP contribution in [0.5, 0.6) is 0 Å². The first-order valence-electron chi connectivity index (χ1n) is 9.14. The highest BCUT2D eigenvalue weighted by atomic mass is 32.1. The maximum atomic E-state index is 12.6. The van der Waals surface area contributed by atoms with E-state index >= 15 is 0 Å². The number of alkyl halides is 3. The summed E-state index contributed by atoms with van der Waals surface area (Å²) in [5, 5.41) is 7.58. The van der Waals surface area contributed by atoms with E-state index in [0.717, 1.165) is 29.6 Å². The van der Waals surface area contributed by atoms with Gasteiger partial charge in [0.25, 0.3) is 0 Å². The lowest BCUT2D eigenvalue weighted by molar-refractivity contribution is -0.140. The molecule has 1 aliphatic rings. The van der Waals surface area contributed by atoms with E-state index in [9.17, 15) is 13.2 Å². The minimum Gasteiger partial charge on any atom is -0.376 e. The summed E-state index contributed by atoms with van der Waals surface area (Å²) in [6.45, 7) is 3.91. The molecule has 0 amide bonds. The summed E-state index contributed by atoms with van der Waals surface area (Å²) in [6, 6.07) is 0. The van der Waals surface area contributed by atoms with E-state index < -0.39 is 11.9 Å². The molecule has 0 atom stereocenters. The molecule has 0 unspecified atom stereocenters. The van der Waals surface area contributed by atoms with E-state index in [-0.39, 0.29) is 6.54 Å². The van der Waals surface area contributed by atoms with Crippen molar-refractivity contribution >= 4 is 17.3 Å². The Labute approximate surface area is 156 Å². The minimum absolute atomic E-state index is 0.111. The van der Waals surface area contributed by atoms with Crippen LogP contribution in [-0.4, -0.2) is 36.7 Å². The Morgan fingerprint density at radius 3 is 2.62 bits per heavy atom. The molecule has 5 nitrogen and oxygen atoms in total. The second kappa shape index (κ2) is 10.7. The molecule has 1 aliphatic carbocycles. The third kappa shape index (κ3) is 7.49. The maximum Gasteiger partial charge on any atom is 0.434 e. The summed E-state index contributed by atoms with van der Waals surface area (Å²) in [6.07, 6.45) is 3.24. The summed E-state index contributed by atoms with van der Waals surface area (Å²) < 4.78 is 43.6. The molecule has 9 heteroatoms. The van der Waals surface area contributed by atoms with Gasteiger partial charge in [-0.15, -0.1) is 11.3 Å². The van der Waals surface area contributed by atoms with E-state index in [4.69, 9.17) is 4.74 Å². The van der Waals surface area contributed by atoms with E-state index in [1.165, 1.54) is 25.7 Å². The van der Waals surface area contributed by atoms with Crippen LogP contribution in [0.1, 0.15) is 56.2 Å². The normalized spacial score (nSPS) is 17.2. The van der Waals surface area contributed by atoms with Crippen LogP contribution < -0.4 is 10.6 Å². The standard InChI is InChI=1S/C17H27F3N4OS/c1-2-21-16(22-9-10-25-13-7-5-3-4-6-8-13)23-11-15-24-14(12-26-15)17(18,19)20/h12-13H,2-11H2,1H3,(H2,21,22,23). The van der Waals surface area contributed by atoms with Crippen molar-refractivity contribution in [2.75, 3.05) is 19.7 Å². The number of aromatic nitrogens is 1. The predicted octanol–water partition coefficient (Wildman–Crippen LogP) is 3.96. The molecule has 1 heterocycles. The molecule has 148 valence electrons. The number of nitrogens with zero attached hydrogens (tertiary/aromatic N) is 2. The first-order valence-corrected chi connectivity index (χ1v) is 10.0. The average molecular weight is 392 g/mol. The van der Waals surface area contributed by atoms with Crippen LogP contribution in [-0.2, 0) is 17.5 Å². The van der Waals surface area contributed by atoms with Gasteiger partial charge in [-0.25, -0.2) is 9.98 Å². The van der Waals surface area contributed by atoms with Crippen LogP contribution in [0.4, 0.5) is 13.2 Å². The van der Waals surface area contributed by atoms with E-state index in [2.05, 4.69) is 20.6 Å². The quantitative estimate of drug-likeness (QED) is 0.319. The number of hydrogen-bond donors (Lipinski definition) is 2. The fourth-order valence-electron chi connectivity index (χ4n) is 2.81. The minimum atomic E-state index is -4.41. The highest BCUT2D eigenvalue weighted by Crippen LogP contribution is 2.30. The fourth-order valence-corrected chi connectivity index (χ4v) is 3.53. The molecule has 1 fully saturated rings. The number of thiazole rings is 1. The Bertz CT molecular complexity index is 554. The van der Waals surface area contributed by atoms with Crippen molar-refractivity contribution in [3.05, 3.63) is 16.1 Å². The molecule has 0 aromatic carbocycles. The second-order valence-electron chi connectivity index (χ2n) is 6.23. The number of aliphatic imine (C=N–C) groups is 1. The van der Waals surface area contributed by atoms with Crippen LogP contribution >= 0.6 is 11.3 Å². The van der Waals surface area contributed by atoms with Crippen molar-refractivity contribution in [3.8, 4) is 0 Å². The summed E-state index contributed by atoms with van der Waals surface area (Å²) in [5.74, 6) is 0.556. The van der Waals surface area contributed by atoms with Gasteiger partial charge in [-0.1, -0.05) is 25.7 Å². The highest BCUT2D eigenvalue weighted by Gasteiger charge is 2.33. The van der Waals surface area contributed by atoms with Crippen LogP contribution in [0.2, 0.25) is 0 Å². The average Bonchev–Trinajstić information content (AvgIpc) is 2.93. The van der Waals surface area contributed by atoms with Gasteiger partial charge in [0.1, 0.15) is 5.01 Å². The molecule has 2 N–H and O–H groups in total. The van der Waals surface area contributed by atoms with E-state index in [1.54, 1.807) is 0 Å². The summed E-state index contributed by atoms with van der Waals surface area (Å²) >= 11 is 0.967. The third-order valence-electron chi connectivity index (χ3n) is 4.11. The summed E-state index contributed by atoms with van der Waals surface area (Å²) in [5.41, 5.74) is -0.859. The lowest BCUT2D eigenvalue weighted by Gasteiger charge is -2.16. The lowest BCUT2D eigenvalue weighted by atomic mass is 10.1. The summed E-state index contributed by atoms with van der Waals surface area (Å²) in [7, 11) is 0. The number of halogens is 3. The molecule has 0 aliphatic heterocycles. The van der Waals surface area contributed by atoms with Crippen molar-refractivity contribution in [1.82, 2.24) is 15.6 Å². The molecule has 1 aromatic rings. The van der Waals surface area contributed by atoms with Crippen molar-refractivity contribution in [3.63, 3.8) is 0 Å². The van der Waals surface area contributed by atoms with Crippen LogP contribution in [0.25, 0.3) is 0 Å². The van der Waals surface area contributed by atoms with Gasteiger partial charge in [-0.2, -0.15) is 13.2 Å². The zero-order valence-electron chi connectivity index (χ0n) is 15.1. The SMILES string of the molecule is CCNC(=NCc1nc(C(F)(F)F)cs1)NCCOC1CCCCCC1. The molecule has 1 saturated carbocycles. The predicted molar refractivity (Wildman–Crippen MR) is 97.4 cm³/mol. The topological polar surface area (TPSA) is 58.5 Å². The molecular weight excluding hydrogens is 365 g/mol. The van der Waals surface area contributed by atoms with E-state index in [0.29, 0.717) is 36.8 Å². The van der Waals surface area contributed by atoms with Crippen LogP contribution in [0.15, 0.2) is 10.4 Å². The van der Waals surface area contributed by atoms with Gasteiger partial charge in [0.15, 0.2) is 11.7 Å². The van der Waals surface area contributed by atoms with Crippen molar-refractivity contribution in [2.45, 2.75) is 64.3 Å². The smallest absolute Gasteiger partial charge is 0.376 e. The maximum absolute atomic E-state index is 12.6. The lowest BCUT2D eigenvalue weighted by Crippen LogP contribution is -2.39. The molecule has 0 radical (unpaired) electrons. The Morgan fingerprint density at radius 1 is 1.27 bits per heavy atom. The van der Waals surface area contributed by atoms with Gasteiger partial charge >= 0.3 is 6.18 Å². The fraction of sp³-hybridized carbons (Fsp3) is 0.765. The third-order valence-corrected chi connectivity index (χ3v) is 4.94. The molecular formula is C17H27F3N4OS. The number of rotatable bonds is 7. The molecule has 26 heavy (non-hydrogen) atoms. The molecule has 0 spiro atoms. The molecule has 0 saturated heterocycles. The van der Waals surface area contributed by atoms with E-state index in [1.807, 2.05) is 6.92 Å². The number of nitrogens with one attached hydrogen (secondary N) is 2. The first-order chi connectivity index (χ1) is 12.5. The monoisotopic (exact) mass is 392 g/mol. The van der Waals surface area contributed by atoms with Crippen LogP contribution in [0.3, 0.4) is 0 Å². The van der Waals surface area contributed by atoms with Gasteiger partial charge in [-0.05, 0) is 19.8 Å². The van der Waals surface area contributed by atoms with Crippen LogP contribution in [0, 0.1) is 0 Å². The number of hydrogen-bond acceptors (Lipinski definition) is 4. The molecule has 0 bridgehead atoms. The zero-order chi connectivity index (χ0) is 18.8. The van der Waals surface area contributed by atoms with Gasteiger partial charge in [0.2, 0.25) is 0 Å². The summed E-state index contributed by atoms with van der Waals surface area (Å²) in [4.78, 5) is 7.88. The number of ether oxygens (including phenoxy) is 1. The second-order valence-corrected chi connectivity index (χ2v) is 7.17. The Kier molecular flexibility index (Phi) is 8.64. The Morgan fingerprint density at radius 2 is 2.00 bits per heavy atom. The number of guanidine groups is 1. The van der Waals surface area contributed by atoms with Crippen molar-refractivity contribution in [1.29, 1.82) is 0 Å². The van der Waals surface area contributed by atoms with Crippen molar-refractivity contribution < 1.29 is 17.9 Å². The molecule has 2 rings (SSSR count). The molecule has 1 aromatic heterocycles. The first kappa shape index (κ1) is 21.0. The van der Waals surface area contributed by atoms with Gasteiger partial charge in [0.05, 0.1) is 19.3 Å². The largest absolute Gasteiger partial charge is 0.434 e. The van der Waals surface area contributed by atoms with Gasteiger partial charge in [-0.3, -0.25) is 0 Å². The Balaban J connectivity index is 1.76. The highest BCUT2D eigenvalue weighted by molar-refractivity contribution is 7.09. The Hall–Kier alpha value is -1.35. The zero-order valence-corrected chi connectivity index (χ0v) is 15.9.